The van der Waals surface area contributed by atoms with Crippen LogP contribution in [0.3, 0.4) is 0 Å². The molecule has 3 fully saturated rings. The van der Waals surface area contributed by atoms with E-state index in [0.717, 1.165) is 0 Å². The first-order chi connectivity index (χ1) is 12.1. The smallest absolute Gasteiger partial charge is 0.325 e. The maximum absolute atomic E-state index is 13.5. The molecule has 1 aromatic rings. The Bertz CT molecular complexity index is 962. The number of esters is 1. The minimum absolute atomic E-state index is 0.00286. The second-order valence-corrected chi connectivity index (χ2v) is 8.52. The number of fused-ring (bicyclic) bond motifs is 2. The summed E-state index contributed by atoms with van der Waals surface area (Å²) in [4.78, 5) is 39.6. The van der Waals surface area contributed by atoms with Crippen molar-refractivity contribution in [2.24, 2.45) is 23.7 Å². The number of hydrogen-bond donors (Lipinski definition) is 2. The molecular weight excluding hydrogens is 336 g/mol. The quantitative estimate of drug-likeness (QED) is 0.544. The van der Waals surface area contributed by atoms with E-state index in [0.29, 0.717) is 5.56 Å². The van der Waals surface area contributed by atoms with E-state index in [-0.39, 0.29) is 58.0 Å². The molecule has 6 atom stereocenters. The number of phenolic OH excluding ortho intramolecular Hbond substituents is 2. The summed E-state index contributed by atoms with van der Waals surface area (Å²) < 4.78 is 5.79. The van der Waals surface area contributed by atoms with Crippen LogP contribution in [0.25, 0.3) is 0 Å². The minimum Gasteiger partial charge on any atom is -0.507 e. The maximum atomic E-state index is 13.5. The molecule has 136 valence electrons. The highest BCUT2D eigenvalue weighted by Gasteiger charge is 2.83. The van der Waals surface area contributed by atoms with Gasteiger partial charge in [-0.05, 0) is 43.7 Å². The third-order valence-electron chi connectivity index (χ3n) is 7.82. The van der Waals surface area contributed by atoms with Gasteiger partial charge >= 0.3 is 5.97 Å². The zero-order chi connectivity index (χ0) is 18.9. The van der Waals surface area contributed by atoms with Crippen LogP contribution in [0.15, 0.2) is 0 Å². The van der Waals surface area contributed by atoms with Crippen molar-refractivity contribution in [3.05, 3.63) is 22.3 Å². The lowest BCUT2D eigenvalue weighted by Crippen LogP contribution is -2.66. The van der Waals surface area contributed by atoms with Crippen LogP contribution in [0, 0.1) is 37.5 Å². The molecule has 6 nitrogen and oxygen atoms in total. The summed E-state index contributed by atoms with van der Waals surface area (Å²) in [6.45, 7) is 6.84. The number of carbonyl (C=O) groups is 3. The van der Waals surface area contributed by atoms with Crippen molar-refractivity contribution >= 4 is 17.5 Å². The van der Waals surface area contributed by atoms with E-state index < -0.39 is 28.8 Å². The first-order valence-electron chi connectivity index (χ1n) is 8.96. The van der Waals surface area contributed by atoms with Crippen LogP contribution < -0.4 is 0 Å². The highest BCUT2D eigenvalue weighted by atomic mass is 16.6. The molecule has 1 spiro atoms. The zero-order valence-corrected chi connectivity index (χ0v) is 15.0. The van der Waals surface area contributed by atoms with Crippen molar-refractivity contribution < 1.29 is 29.3 Å². The molecule has 0 aromatic heterocycles. The Kier molecular flexibility index (Phi) is 2.52. The van der Waals surface area contributed by atoms with Gasteiger partial charge in [-0.3, -0.25) is 14.4 Å². The molecule has 0 amide bonds. The van der Waals surface area contributed by atoms with Gasteiger partial charge in [0.25, 0.3) is 0 Å². The maximum Gasteiger partial charge on any atom is 0.325 e. The van der Waals surface area contributed by atoms with Crippen LogP contribution in [0.1, 0.15) is 47.3 Å². The van der Waals surface area contributed by atoms with E-state index in [2.05, 4.69) is 0 Å². The van der Waals surface area contributed by atoms with Crippen molar-refractivity contribution in [2.75, 3.05) is 0 Å². The van der Waals surface area contributed by atoms with Crippen LogP contribution in [-0.2, 0) is 19.7 Å². The first kappa shape index (κ1) is 15.9. The van der Waals surface area contributed by atoms with Gasteiger partial charge in [-0.15, -0.1) is 0 Å². The fraction of sp³-hybridized carbons (Fsp3) is 0.550. The number of carbonyl (C=O) groups excluding carboxylic acids is 3. The van der Waals surface area contributed by atoms with Gasteiger partial charge in [0.15, 0.2) is 17.0 Å². The standard InChI is InChI=1S/C20H20O6/c1-6-13-12(16(23)7(2)15(6)22)10(21)5-9-11-8(3)19(4)14(11)17(24)20(9,13)18(25)26-19/h8-9,11,14,22-23H,5H2,1-4H3/t8-,9+,11+,14+,19+,20+/m1/s1. The largest absolute Gasteiger partial charge is 0.507 e. The average Bonchev–Trinajstić information content (AvgIpc) is 2.75. The van der Waals surface area contributed by atoms with Crippen LogP contribution in [0.2, 0.25) is 0 Å². The molecule has 1 heterocycles. The first-order valence-corrected chi connectivity index (χ1v) is 8.96. The number of ether oxygens (including phenoxy) is 1. The van der Waals surface area contributed by atoms with E-state index in [1.807, 2.05) is 6.92 Å². The number of hydrogen-bond acceptors (Lipinski definition) is 6. The molecule has 26 heavy (non-hydrogen) atoms. The Labute approximate surface area is 150 Å². The molecule has 2 saturated carbocycles. The van der Waals surface area contributed by atoms with Crippen LogP contribution >= 0.6 is 0 Å². The number of Topliss-reactive ketones (excluding diaryl/α,β-unsaturated/α-hetero) is 2. The van der Waals surface area contributed by atoms with E-state index in [1.165, 1.54) is 6.92 Å². The predicted octanol–water partition coefficient (Wildman–Crippen LogP) is 1.94. The van der Waals surface area contributed by atoms with E-state index in [9.17, 15) is 24.6 Å². The second-order valence-electron chi connectivity index (χ2n) is 8.52. The minimum atomic E-state index is -1.59. The lowest BCUT2D eigenvalue weighted by molar-refractivity contribution is -0.214. The normalized spacial score (nSPS) is 42.1. The third-order valence-corrected chi connectivity index (χ3v) is 7.82. The monoisotopic (exact) mass is 356 g/mol. The number of aromatic hydroxyl groups is 2. The fourth-order valence-corrected chi connectivity index (χ4v) is 6.41. The van der Waals surface area contributed by atoms with E-state index in [4.69, 9.17) is 4.74 Å². The van der Waals surface area contributed by atoms with Crippen LogP contribution in [-0.4, -0.2) is 33.3 Å². The molecule has 1 aromatic carbocycles. The molecule has 0 unspecified atom stereocenters. The van der Waals surface area contributed by atoms with Crippen molar-refractivity contribution in [3.8, 4) is 11.5 Å². The Morgan fingerprint density at radius 1 is 1.08 bits per heavy atom. The third kappa shape index (κ3) is 1.23. The molecule has 1 saturated heterocycles. The summed E-state index contributed by atoms with van der Waals surface area (Å²) in [7, 11) is 0. The fourth-order valence-electron chi connectivity index (χ4n) is 6.41. The number of ketones is 2. The van der Waals surface area contributed by atoms with Crippen molar-refractivity contribution in [1.29, 1.82) is 0 Å². The van der Waals surface area contributed by atoms with E-state index in [1.54, 1.807) is 13.8 Å². The number of rotatable bonds is 0. The Balaban J connectivity index is 1.92. The summed E-state index contributed by atoms with van der Waals surface area (Å²) in [6, 6.07) is 0. The summed E-state index contributed by atoms with van der Waals surface area (Å²) in [5.41, 5.74) is -1.77. The van der Waals surface area contributed by atoms with Crippen molar-refractivity contribution in [2.45, 2.75) is 45.1 Å². The lowest BCUT2D eigenvalue weighted by Gasteiger charge is -2.55. The summed E-state index contributed by atoms with van der Waals surface area (Å²) in [6.07, 6.45) is 0.0344. The van der Waals surface area contributed by atoms with Crippen molar-refractivity contribution in [1.82, 2.24) is 0 Å². The SMILES string of the molecule is Cc1c(O)c(C)c2c(c1O)C(=O)C[C@H]1[C@@H]3[C@@H](C)[C@]4(C)OC(=O)[C@]21C(=O)[C@H]34. The molecular formula is C20H20O6. The highest BCUT2D eigenvalue weighted by Crippen LogP contribution is 2.72. The van der Waals surface area contributed by atoms with Crippen LogP contribution in [0.4, 0.5) is 0 Å². The molecule has 0 radical (unpaired) electrons. The predicted molar refractivity (Wildman–Crippen MR) is 89.0 cm³/mol. The Morgan fingerprint density at radius 3 is 2.38 bits per heavy atom. The lowest BCUT2D eigenvalue weighted by atomic mass is 9.53. The van der Waals surface area contributed by atoms with Crippen molar-refractivity contribution in [3.63, 3.8) is 0 Å². The molecule has 4 aliphatic rings. The Hall–Kier alpha value is -2.37. The van der Waals surface area contributed by atoms with Gasteiger partial charge in [-0.25, -0.2) is 0 Å². The molecule has 2 bridgehead atoms. The summed E-state index contributed by atoms with van der Waals surface area (Å²) in [5, 5.41) is 21.0. The van der Waals surface area contributed by atoms with Gasteiger partial charge in [0.2, 0.25) is 0 Å². The topological polar surface area (TPSA) is 101 Å². The molecule has 5 rings (SSSR count). The number of phenols is 2. The van der Waals surface area contributed by atoms with Gasteiger partial charge in [0, 0.05) is 17.9 Å². The average molecular weight is 356 g/mol. The second kappa shape index (κ2) is 4.13. The van der Waals surface area contributed by atoms with E-state index >= 15 is 0 Å². The molecule has 6 heteroatoms. The molecule has 3 aliphatic carbocycles. The van der Waals surface area contributed by atoms with Gasteiger partial charge < -0.3 is 14.9 Å². The van der Waals surface area contributed by atoms with Crippen LogP contribution in [0.5, 0.6) is 11.5 Å². The number of benzene rings is 1. The summed E-state index contributed by atoms with van der Waals surface area (Å²) in [5.74, 6) is -2.69. The summed E-state index contributed by atoms with van der Waals surface area (Å²) >= 11 is 0. The Morgan fingerprint density at radius 2 is 1.73 bits per heavy atom. The highest BCUT2D eigenvalue weighted by molar-refractivity contribution is 6.21. The molecule has 1 aliphatic heterocycles. The molecule has 2 N–H and O–H groups in total. The van der Waals surface area contributed by atoms with Gasteiger partial charge in [0.05, 0.1) is 11.5 Å². The van der Waals surface area contributed by atoms with Gasteiger partial charge in [0.1, 0.15) is 17.1 Å². The van der Waals surface area contributed by atoms with Gasteiger partial charge in [-0.1, -0.05) is 6.92 Å². The zero-order valence-electron chi connectivity index (χ0n) is 15.0. The van der Waals surface area contributed by atoms with Gasteiger partial charge in [-0.2, -0.15) is 0 Å².